The van der Waals surface area contributed by atoms with E-state index in [0.29, 0.717) is 67.0 Å². The highest BCUT2D eigenvalue weighted by Crippen LogP contribution is 2.35. The summed E-state index contributed by atoms with van der Waals surface area (Å²) in [5, 5.41) is 15.1. The minimum Gasteiger partial charge on any atom is -0.511 e. The van der Waals surface area contributed by atoms with Crippen molar-refractivity contribution in [1.82, 2.24) is 5.16 Å². The number of benzene rings is 2. The molecule has 1 N–H and O–H groups in total. The molecule has 6 nitrogen and oxygen atoms in total. The second kappa shape index (κ2) is 10.9. The smallest absolute Gasteiger partial charge is 0.168 e. The summed E-state index contributed by atoms with van der Waals surface area (Å²) in [6.45, 7) is 0.567. The van der Waals surface area contributed by atoms with Gasteiger partial charge >= 0.3 is 0 Å². The average Bonchev–Trinajstić information content (AvgIpc) is 3.32. The molecule has 1 unspecified atom stereocenters. The Hall–Kier alpha value is -3.80. The number of aryl methyl sites for hydroxylation is 1. The first-order valence-corrected chi connectivity index (χ1v) is 12.7. The minimum absolute atomic E-state index is 0.0189. The number of fused-ring (bicyclic) bond motifs is 1. The number of Topliss-reactive ketones (excluding diaryl/α,β-unsaturated/α-hetero) is 2. The number of hydrogen-bond donors (Lipinski definition) is 1. The molecule has 0 spiro atoms. The molecule has 36 heavy (non-hydrogen) atoms. The molecule has 0 aliphatic heterocycles. The Bertz CT molecular complexity index is 1310. The molecule has 1 atom stereocenters. The predicted octanol–water partition coefficient (Wildman–Crippen LogP) is 5.77. The SMILES string of the molecule is O=C1CCCC(=NCCc2ccccc2)/C1=C(\O)CCc1noc2c1C(=O)CC(c1ccccc1)C2. The van der Waals surface area contributed by atoms with Crippen molar-refractivity contribution in [2.75, 3.05) is 6.54 Å². The fourth-order valence-corrected chi connectivity index (χ4v) is 5.21. The Kier molecular flexibility index (Phi) is 7.21. The number of aliphatic hydroxyl groups is 1. The van der Waals surface area contributed by atoms with E-state index >= 15 is 0 Å². The second-order valence-corrected chi connectivity index (χ2v) is 9.53. The normalized spacial score (nSPS) is 20.4. The summed E-state index contributed by atoms with van der Waals surface area (Å²) >= 11 is 0. The number of aliphatic imine (C=N–C) groups is 1. The van der Waals surface area contributed by atoms with Crippen LogP contribution in [0.5, 0.6) is 0 Å². The topological polar surface area (TPSA) is 92.8 Å². The third-order valence-corrected chi connectivity index (χ3v) is 7.06. The van der Waals surface area contributed by atoms with E-state index in [4.69, 9.17) is 4.52 Å². The van der Waals surface area contributed by atoms with Gasteiger partial charge in [-0.1, -0.05) is 65.8 Å². The first-order chi connectivity index (χ1) is 17.6. The molecule has 1 saturated carbocycles. The van der Waals surface area contributed by atoms with Crippen LogP contribution in [0.2, 0.25) is 0 Å². The molecule has 2 aromatic carbocycles. The summed E-state index contributed by atoms with van der Waals surface area (Å²) in [7, 11) is 0. The van der Waals surface area contributed by atoms with Crippen LogP contribution in [0.25, 0.3) is 0 Å². The van der Waals surface area contributed by atoms with Gasteiger partial charge in [0.1, 0.15) is 11.5 Å². The number of allylic oxidation sites excluding steroid dienone is 2. The van der Waals surface area contributed by atoms with Crippen LogP contribution in [0.3, 0.4) is 0 Å². The molecule has 1 aromatic heterocycles. The second-order valence-electron chi connectivity index (χ2n) is 9.53. The van der Waals surface area contributed by atoms with Crippen LogP contribution in [-0.4, -0.2) is 34.1 Å². The van der Waals surface area contributed by atoms with Crippen LogP contribution in [0.4, 0.5) is 0 Å². The van der Waals surface area contributed by atoms with Gasteiger partial charge in [-0.05, 0) is 36.3 Å². The maximum atomic E-state index is 13.0. The van der Waals surface area contributed by atoms with Gasteiger partial charge in [0.15, 0.2) is 11.6 Å². The molecule has 5 rings (SSSR count). The molecule has 2 aliphatic rings. The Labute approximate surface area is 210 Å². The van der Waals surface area contributed by atoms with Crippen molar-refractivity contribution >= 4 is 17.3 Å². The monoisotopic (exact) mass is 482 g/mol. The molecule has 0 bridgehead atoms. The largest absolute Gasteiger partial charge is 0.511 e. The summed E-state index contributed by atoms with van der Waals surface area (Å²) in [5.41, 5.74) is 4.44. The van der Waals surface area contributed by atoms with Crippen molar-refractivity contribution in [3.8, 4) is 0 Å². The summed E-state index contributed by atoms with van der Waals surface area (Å²) in [5.74, 6) is 0.670. The van der Waals surface area contributed by atoms with Crippen LogP contribution in [0.1, 0.15) is 71.0 Å². The van der Waals surface area contributed by atoms with E-state index in [1.807, 2.05) is 48.5 Å². The van der Waals surface area contributed by atoms with E-state index < -0.39 is 0 Å². The van der Waals surface area contributed by atoms with Crippen molar-refractivity contribution in [1.29, 1.82) is 0 Å². The third-order valence-electron chi connectivity index (χ3n) is 7.06. The standard InChI is InChI=1S/C30H30N2O4/c33-25-13-7-12-23(31-17-16-20-8-3-1-4-9-20)29(25)26(34)15-14-24-30-27(35)18-22(19-28(30)36-32-24)21-10-5-2-6-11-21/h1-6,8-11,22,34H,7,12-19H2/b29-26+,31-23?. The summed E-state index contributed by atoms with van der Waals surface area (Å²) in [6, 6.07) is 20.1. The number of hydrogen-bond acceptors (Lipinski definition) is 6. The van der Waals surface area contributed by atoms with Gasteiger partial charge in [0.05, 0.1) is 16.8 Å². The number of nitrogens with zero attached hydrogens (tertiary/aromatic N) is 2. The lowest BCUT2D eigenvalue weighted by molar-refractivity contribution is -0.115. The molecule has 184 valence electrons. The van der Waals surface area contributed by atoms with Crippen LogP contribution in [0.15, 0.2) is 81.5 Å². The van der Waals surface area contributed by atoms with E-state index in [2.05, 4.69) is 22.3 Å². The lowest BCUT2D eigenvalue weighted by Gasteiger charge is -2.20. The highest BCUT2D eigenvalue weighted by atomic mass is 16.5. The number of aliphatic hydroxyl groups excluding tert-OH is 1. The van der Waals surface area contributed by atoms with E-state index in [1.165, 1.54) is 5.56 Å². The Morgan fingerprint density at radius 2 is 1.69 bits per heavy atom. The van der Waals surface area contributed by atoms with Crippen LogP contribution >= 0.6 is 0 Å². The maximum Gasteiger partial charge on any atom is 0.168 e. The van der Waals surface area contributed by atoms with Crippen molar-refractivity contribution in [3.63, 3.8) is 0 Å². The zero-order valence-corrected chi connectivity index (χ0v) is 20.3. The number of ketones is 2. The fourth-order valence-electron chi connectivity index (χ4n) is 5.21. The lowest BCUT2D eigenvalue weighted by atomic mass is 9.81. The molecule has 2 aliphatic carbocycles. The number of carbonyl (C=O) groups excluding carboxylic acids is 2. The van der Waals surface area contributed by atoms with Crippen LogP contribution < -0.4 is 0 Å². The van der Waals surface area contributed by atoms with Gasteiger partial charge in [-0.15, -0.1) is 0 Å². The van der Waals surface area contributed by atoms with E-state index in [0.717, 1.165) is 18.4 Å². The first kappa shape index (κ1) is 23.9. The molecule has 0 amide bonds. The van der Waals surface area contributed by atoms with Gasteiger partial charge in [-0.2, -0.15) is 0 Å². The highest BCUT2D eigenvalue weighted by Gasteiger charge is 2.33. The number of rotatable bonds is 7. The lowest BCUT2D eigenvalue weighted by Crippen LogP contribution is -2.22. The van der Waals surface area contributed by atoms with Gasteiger partial charge in [-0.3, -0.25) is 14.6 Å². The Morgan fingerprint density at radius 3 is 2.47 bits per heavy atom. The van der Waals surface area contributed by atoms with Crippen molar-refractivity contribution in [2.24, 2.45) is 4.99 Å². The average molecular weight is 483 g/mol. The van der Waals surface area contributed by atoms with Gasteiger partial charge < -0.3 is 9.63 Å². The zero-order chi connectivity index (χ0) is 24.9. The number of carbonyl (C=O) groups is 2. The summed E-state index contributed by atoms with van der Waals surface area (Å²) < 4.78 is 5.57. The van der Waals surface area contributed by atoms with Crippen molar-refractivity contribution in [3.05, 3.63) is 100 Å². The van der Waals surface area contributed by atoms with Gasteiger partial charge in [0.2, 0.25) is 0 Å². The molecular formula is C30H30N2O4. The maximum absolute atomic E-state index is 13.0. The van der Waals surface area contributed by atoms with E-state index in [9.17, 15) is 14.7 Å². The molecule has 1 fully saturated rings. The predicted molar refractivity (Wildman–Crippen MR) is 138 cm³/mol. The van der Waals surface area contributed by atoms with Crippen molar-refractivity contribution < 1.29 is 19.2 Å². The minimum atomic E-state index is -0.0684. The fraction of sp³-hybridized carbons (Fsp3) is 0.333. The van der Waals surface area contributed by atoms with Gasteiger partial charge in [0.25, 0.3) is 0 Å². The van der Waals surface area contributed by atoms with Crippen molar-refractivity contribution in [2.45, 2.75) is 57.3 Å². The molecule has 6 heteroatoms. The molecule has 0 radical (unpaired) electrons. The highest BCUT2D eigenvalue weighted by molar-refractivity contribution is 6.24. The first-order valence-electron chi connectivity index (χ1n) is 12.7. The molecule has 3 aromatic rings. The summed E-state index contributed by atoms with van der Waals surface area (Å²) in [6.07, 6.45) is 4.20. The molecule has 0 saturated heterocycles. The quantitative estimate of drug-likeness (QED) is 0.341. The Balaban J connectivity index is 1.29. The van der Waals surface area contributed by atoms with E-state index in [-0.39, 0.29) is 29.7 Å². The van der Waals surface area contributed by atoms with Gasteiger partial charge in [0, 0.05) is 44.4 Å². The molecular weight excluding hydrogens is 452 g/mol. The summed E-state index contributed by atoms with van der Waals surface area (Å²) in [4.78, 5) is 30.4. The van der Waals surface area contributed by atoms with Gasteiger partial charge in [-0.25, -0.2) is 0 Å². The molecule has 1 heterocycles. The zero-order valence-electron chi connectivity index (χ0n) is 20.3. The van der Waals surface area contributed by atoms with E-state index in [1.54, 1.807) is 0 Å². The Morgan fingerprint density at radius 1 is 0.944 bits per heavy atom. The number of aromatic nitrogens is 1. The van der Waals surface area contributed by atoms with Crippen LogP contribution in [0, 0.1) is 0 Å². The third kappa shape index (κ3) is 5.23. The van der Waals surface area contributed by atoms with Crippen LogP contribution in [-0.2, 0) is 24.1 Å².